The van der Waals surface area contributed by atoms with Gasteiger partial charge in [-0.2, -0.15) is 0 Å². The fraction of sp³-hybridized carbons (Fsp3) is 0.0400. The lowest BCUT2D eigenvalue weighted by molar-refractivity contribution is 0.0600. The van der Waals surface area contributed by atoms with Gasteiger partial charge in [0.15, 0.2) is 5.78 Å². The Morgan fingerprint density at radius 3 is 1.89 bits per heavy atom. The molecule has 134 valence electrons. The van der Waals surface area contributed by atoms with Crippen molar-refractivity contribution in [3.05, 3.63) is 95.6 Å². The van der Waals surface area contributed by atoms with Crippen molar-refractivity contribution in [2.24, 2.45) is 0 Å². The highest BCUT2D eigenvalue weighted by Gasteiger charge is 2.17. The van der Waals surface area contributed by atoms with Crippen LogP contribution in [0.2, 0.25) is 0 Å². The SMILES string of the molecule is COC(=O)c1ccc(C(=O)c2ccc3ccc4cccc5ccc2c3c45)cc1. The van der Waals surface area contributed by atoms with Crippen molar-refractivity contribution < 1.29 is 14.3 Å². The van der Waals surface area contributed by atoms with E-state index in [0.717, 1.165) is 16.2 Å². The van der Waals surface area contributed by atoms with Crippen LogP contribution in [0.4, 0.5) is 0 Å². The van der Waals surface area contributed by atoms with E-state index in [9.17, 15) is 9.59 Å². The number of hydrogen-bond donors (Lipinski definition) is 0. The summed E-state index contributed by atoms with van der Waals surface area (Å²) in [5.74, 6) is -0.476. The molecule has 5 aromatic carbocycles. The molecular weight excluding hydrogens is 348 g/mol. The molecule has 0 saturated carbocycles. The number of ether oxygens (including phenoxy) is 1. The summed E-state index contributed by atoms with van der Waals surface area (Å²) in [6, 6.07) is 25.0. The third-order valence-electron chi connectivity index (χ3n) is 5.34. The summed E-state index contributed by atoms with van der Waals surface area (Å²) >= 11 is 0. The summed E-state index contributed by atoms with van der Waals surface area (Å²) < 4.78 is 4.72. The van der Waals surface area contributed by atoms with Crippen LogP contribution in [0, 0.1) is 0 Å². The van der Waals surface area contributed by atoms with Gasteiger partial charge in [0, 0.05) is 11.1 Å². The molecule has 3 heteroatoms. The van der Waals surface area contributed by atoms with Crippen molar-refractivity contribution in [1.29, 1.82) is 0 Å². The molecule has 0 aliphatic rings. The lowest BCUT2D eigenvalue weighted by atomic mass is 9.89. The van der Waals surface area contributed by atoms with Gasteiger partial charge < -0.3 is 4.74 Å². The average Bonchev–Trinajstić information content (AvgIpc) is 2.76. The second-order valence-corrected chi connectivity index (χ2v) is 6.87. The highest BCUT2D eigenvalue weighted by Crippen LogP contribution is 2.36. The van der Waals surface area contributed by atoms with Crippen LogP contribution in [0.5, 0.6) is 0 Å². The molecule has 0 unspecified atom stereocenters. The fourth-order valence-electron chi connectivity index (χ4n) is 3.96. The van der Waals surface area contributed by atoms with Crippen LogP contribution in [0.15, 0.2) is 78.9 Å². The monoisotopic (exact) mass is 364 g/mol. The van der Waals surface area contributed by atoms with Gasteiger partial charge >= 0.3 is 5.97 Å². The lowest BCUT2D eigenvalue weighted by Crippen LogP contribution is -2.05. The fourth-order valence-corrected chi connectivity index (χ4v) is 3.96. The van der Waals surface area contributed by atoms with Gasteiger partial charge in [0.2, 0.25) is 0 Å². The Morgan fingerprint density at radius 1 is 0.643 bits per heavy atom. The minimum absolute atomic E-state index is 0.0608. The zero-order chi connectivity index (χ0) is 19.3. The molecule has 0 atom stereocenters. The summed E-state index contributed by atoms with van der Waals surface area (Å²) in [7, 11) is 1.34. The molecule has 28 heavy (non-hydrogen) atoms. The van der Waals surface area contributed by atoms with E-state index < -0.39 is 5.97 Å². The summed E-state index contributed by atoms with van der Waals surface area (Å²) in [6.45, 7) is 0. The van der Waals surface area contributed by atoms with E-state index in [1.165, 1.54) is 23.3 Å². The normalized spacial score (nSPS) is 11.3. The molecule has 0 aliphatic carbocycles. The Labute approximate surface area is 161 Å². The van der Waals surface area contributed by atoms with Crippen LogP contribution in [0.25, 0.3) is 32.3 Å². The highest BCUT2D eigenvalue weighted by atomic mass is 16.5. The topological polar surface area (TPSA) is 43.4 Å². The van der Waals surface area contributed by atoms with Gasteiger partial charge in [-0.15, -0.1) is 0 Å². The minimum Gasteiger partial charge on any atom is -0.465 e. The third kappa shape index (κ3) is 2.37. The van der Waals surface area contributed by atoms with Crippen LogP contribution < -0.4 is 0 Å². The van der Waals surface area contributed by atoms with E-state index in [1.54, 1.807) is 24.3 Å². The Morgan fingerprint density at radius 2 is 1.21 bits per heavy atom. The van der Waals surface area contributed by atoms with Crippen molar-refractivity contribution in [3.63, 3.8) is 0 Å². The van der Waals surface area contributed by atoms with Crippen molar-refractivity contribution in [2.45, 2.75) is 0 Å². The molecule has 0 amide bonds. The first-order chi connectivity index (χ1) is 13.7. The molecule has 0 aliphatic heterocycles. The molecule has 0 bridgehead atoms. The number of benzene rings is 5. The molecule has 0 N–H and O–H groups in total. The molecule has 0 heterocycles. The van der Waals surface area contributed by atoms with Crippen LogP contribution in [0.3, 0.4) is 0 Å². The zero-order valence-corrected chi connectivity index (χ0v) is 15.2. The van der Waals surface area contributed by atoms with E-state index in [2.05, 4.69) is 36.4 Å². The van der Waals surface area contributed by atoms with Crippen LogP contribution in [0.1, 0.15) is 26.3 Å². The maximum Gasteiger partial charge on any atom is 0.337 e. The van der Waals surface area contributed by atoms with Crippen molar-refractivity contribution in [3.8, 4) is 0 Å². The second kappa shape index (κ2) is 6.17. The molecule has 0 radical (unpaired) electrons. The quantitative estimate of drug-likeness (QED) is 0.238. The number of rotatable bonds is 3. The molecule has 0 spiro atoms. The van der Waals surface area contributed by atoms with Gasteiger partial charge in [0.1, 0.15) is 0 Å². The van der Waals surface area contributed by atoms with Crippen molar-refractivity contribution in [1.82, 2.24) is 0 Å². The van der Waals surface area contributed by atoms with Gasteiger partial charge in [-0.1, -0.05) is 60.7 Å². The molecule has 5 rings (SSSR count). The maximum atomic E-state index is 13.2. The van der Waals surface area contributed by atoms with Crippen LogP contribution in [-0.4, -0.2) is 18.9 Å². The average molecular weight is 364 g/mol. The molecular formula is C25H16O3. The van der Waals surface area contributed by atoms with Gasteiger partial charge in [-0.3, -0.25) is 4.79 Å². The van der Waals surface area contributed by atoms with Gasteiger partial charge in [0.05, 0.1) is 12.7 Å². The number of ketones is 1. The van der Waals surface area contributed by atoms with Crippen molar-refractivity contribution >= 4 is 44.1 Å². The summed E-state index contributed by atoms with van der Waals surface area (Å²) in [5, 5.41) is 6.71. The number of esters is 1. The molecule has 0 saturated heterocycles. The second-order valence-electron chi connectivity index (χ2n) is 6.87. The van der Waals surface area contributed by atoms with E-state index in [0.29, 0.717) is 16.7 Å². The van der Waals surface area contributed by atoms with Gasteiger partial charge in [-0.05, 0) is 50.5 Å². The number of carbonyl (C=O) groups excluding carboxylic acids is 2. The van der Waals surface area contributed by atoms with Crippen LogP contribution in [-0.2, 0) is 4.74 Å². The number of carbonyl (C=O) groups is 2. The Balaban J connectivity index is 1.70. The Bertz CT molecular complexity index is 1350. The first-order valence-corrected chi connectivity index (χ1v) is 9.07. The van der Waals surface area contributed by atoms with Gasteiger partial charge in [-0.25, -0.2) is 4.79 Å². The van der Waals surface area contributed by atoms with E-state index in [1.807, 2.05) is 18.2 Å². The van der Waals surface area contributed by atoms with E-state index >= 15 is 0 Å². The largest absolute Gasteiger partial charge is 0.465 e. The van der Waals surface area contributed by atoms with E-state index in [-0.39, 0.29) is 5.78 Å². The van der Waals surface area contributed by atoms with E-state index in [4.69, 9.17) is 4.74 Å². The first-order valence-electron chi connectivity index (χ1n) is 9.07. The van der Waals surface area contributed by atoms with Crippen LogP contribution >= 0.6 is 0 Å². The number of hydrogen-bond acceptors (Lipinski definition) is 3. The molecule has 0 fully saturated rings. The lowest BCUT2D eigenvalue weighted by Gasteiger charge is -2.13. The number of methoxy groups -OCH3 is 1. The summed E-state index contributed by atoms with van der Waals surface area (Å²) in [6.07, 6.45) is 0. The third-order valence-corrected chi connectivity index (χ3v) is 5.34. The Hall–Kier alpha value is -3.72. The summed E-state index contributed by atoms with van der Waals surface area (Å²) in [5.41, 5.74) is 1.63. The first kappa shape index (κ1) is 16.5. The zero-order valence-electron chi connectivity index (χ0n) is 15.2. The van der Waals surface area contributed by atoms with Gasteiger partial charge in [0.25, 0.3) is 0 Å². The molecule has 0 aromatic heterocycles. The Kier molecular flexibility index (Phi) is 3.63. The molecule has 3 nitrogen and oxygen atoms in total. The maximum absolute atomic E-state index is 13.2. The highest BCUT2D eigenvalue weighted by molar-refractivity contribution is 6.28. The smallest absolute Gasteiger partial charge is 0.337 e. The molecule has 5 aromatic rings. The summed E-state index contributed by atoms with van der Waals surface area (Å²) in [4.78, 5) is 24.9. The minimum atomic E-state index is -0.415. The predicted molar refractivity (Wildman–Crippen MR) is 111 cm³/mol. The predicted octanol–water partition coefficient (Wildman–Crippen LogP) is 5.60. The standard InChI is InChI=1S/C25H16O3/c1-28-25(27)19-9-7-18(8-10-19)24(26)21-14-12-17-6-5-15-3-2-4-16-11-13-20(21)23(17)22(15)16/h2-14H,1H3. The van der Waals surface area contributed by atoms with Crippen molar-refractivity contribution in [2.75, 3.05) is 7.11 Å².